The van der Waals surface area contributed by atoms with Crippen LogP contribution in [-0.4, -0.2) is 41.1 Å². The Balaban J connectivity index is 1.24. The average molecular weight is 426 g/mol. The summed E-state index contributed by atoms with van der Waals surface area (Å²) in [5.74, 6) is 0.694. The number of benzene rings is 1. The predicted molar refractivity (Wildman–Crippen MR) is 117 cm³/mol. The number of amides is 1. The fourth-order valence-electron chi connectivity index (χ4n) is 3.76. The van der Waals surface area contributed by atoms with E-state index < -0.39 is 0 Å². The summed E-state index contributed by atoms with van der Waals surface area (Å²) in [6.45, 7) is 7.60. The van der Waals surface area contributed by atoms with Crippen LogP contribution < -0.4 is 5.32 Å². The lowest BCUT2D eigenvalue weighted by Crippen LogP contribution is -2.44. The zero-order valence-corrected chi connectivity index (χ0v) is 18.2. The quantitative estimate of drug-likeness (QED) is 0.622. The van der Waals surface area contributed by atoms with E-state index in [2.05, 4.69) is 53.3 Å². The van der Waals surface area contributed by atoms with Gasteiger partial charge in [-0.25, -0.2) is 4.98 Å². The number of carbonyl (C=O) groups excluding carboxylic acids is 1. The van der Waals surface area contributed by atoms with E-state index in [4.69, 9.17) is 9.15 Å². The van der Waals surface area contributed by atoms with E-state index in [1.165, 1.54) is 16.9 Å². The van der Waals surface area contributed by atoms with Crippen LogP contribution >= 0.6 is 11.3 Å². The van der Waals surface area contributed by atoms with Gasteiger partial charge in [0.1, 0.15) is 0 Å². The highest BCUT2D eigenvalue weighted by atomic mass is 32.1. The van der Waals surface area contributed by atoms with Gasteiger partial charge in [0.05, 0.1) is 30.6 Å². The van der Waals surface area contributed by atoms with E-state index >= 15 is 0 Å². The van der Waals surface area contributed by atoms with Gasteiger partial charge in [0, 0.05) is 31.6 Å². The average Bonchev–Trinajstić information content (AvgIpc) is 3.38. The topological polar surface area (TPSA) is 67.6 Å². The van der Waals surface area contributed by atoms with Crippen molar-refractivity contribution in [3.63, 3.8) is 0 Å². The van der Waals surface area contributed by atoms with Gasteiger partial charge in [-0.2, -0.15) is 0 Å². The SMILES string of the molecule is CC1CN(Cc2ccc(CNC(=O)Cc3csc(-c4ccco4)n3)cc2)CC(C)O1. The zero-order valence-electron chi connectivity index (χ0n) is 17.3. The van der Waals surface area contributed by atoms with Gasteiger partial charge in [0.25, 0.3) is 0 Å². The molecule has 158 valence electrons. The first-order valence-electron chi connectivity index (χ1n) is 10.3. The van der Waals surface area contributed by atoms with Crippen LogP contribution in [0.3, 0.4) is 0 Å². The Hall–Kier alpha value is -2.48. The molecular weight excluding hydrogens is 398 g/mol. The maximum absolute atomic E-state index is 12.3. The highest BCUT2D eigenvalue weighted by Gasteiger charge is 2.21. The zero-order chi connectivity index (χ0) is 20.9. The summed E-state index contributed by atoms with van der Waals surface area (Å²) >= 11 is 1.48. The van der Waals surface area contributed by atoms with Crippen molar-refractivity contribution in [2.75, 3.05) is 13.1 Å². The standard InChI is InChI=1S/C23H27N3O3S/c1-16-12-26(13-17(2)29-16)14-19-7-5-18(6-8-19)11-24-22(27)10-20-15-30-23(25-20)21-4-3-9-28-21/h3-9,15-17H,10-14H2,1-2H3,(H,24,27). The number of carbonyl (C=O) groups is 1. The molecule has 30 heavy (non-hydrogen) atoms. The molecule has 1 amide bonds. The van der Waals surface area contributed by atoms with Crippen molar-refractivity contribution >= 4 is 17.2 Å². The highest BCUT2D eigenvalue weighted by Crippen LogP contribution is 2.24. The summed E-state index contributed by atoms with van der Waals surface area (Å²) in [4.78, 5) is 19.2. The molecule has 3 heterocycles. The molecule has 0 saturated carbocycles. The number of aromatic nitrogens is 1. The van der Waals surface area contributed by atoms with Crippen LogP contribution in [-0.2, 0) is 29.0 Å². The Kier molecular flexibility index (Phi) is 6.62. The molecule has 1 N–H and O–H groups in total. The molecule has 2 atom stereocenters. The summed E-state index contributed by atoms with van der Waals surface area (Å²) in [6, 6.07) is 12.1. The molecule has 0 spiro atoms. The van der Waals surface area contributed by atoms with E-state index in [1.807, 2.05) is 17.5 Å². The first-order chi connectivity index (χ1) is 14.5. The molecule has 6 nitrogen and oxygen atoms in total. The Morgan fingerprint density at radius 2 is 1.90 bits per heavy atom. The number of rotatable bonds is 7. The van der Waals surface area contributed by atoms with E-state index in [9.17, 15) is 4.79 Å². The number of thiazole rings is 1. The minimum atomic E-state index is -0.0355. The molecule has 0 aliphatic carbocycles. The first kappa shape index (κ1) is 20.8. The van der Waals surface area contributed by atoms with Gasteiger partial charge in [0.15, 0.2) is 10.8 Å². The fourth-order valence-corrected chi connectivity index (χ4v) is 4.55. The summed E-state index contributed by atoms with van der Waals surface area (Å²) in [5, 5.41) is 5.68. The van der Waals surface area contributed by atoms with Crippen molar-refractivity contribution in [3.05, 3.63) is 64.9 Å². The summed E-state index contributed by atoms with van der Waals surface area (Å²) in [5.41, 5.74) is 3.12. The van der Waals surface area contributed by atoms with Gasteiger partial charge in [0.2, 0.25) is 5.91 Å². The molecule has 1 aromatic carbocycles. The fraction of sp³-hybridized carbons (Fsp3) is 0.391. The molecule has 1 aliphatic heterocycles. The van der Waals surface area contributed by atoms with Crippen LogP contribution in [0.15, 0.2) is 52.5 Å². The molecule has 1 aliphatic rings. The van der Waals surface area contributed by atoms with Crippen LogP contribution in [0.2, 0.25) is 0 Å². The van der Waals surface area contributed by atoms with Crippen LogP contribution in [0.1, 0.15) is 30.7 Å². The minimum absolute atomic E-state index is 0.0355. The van der Waals surface area contributed by atoms with Gasteiger partial charge < -0.3 is 14.5 Å². The molecule has 0 radical (unpaired) electrons. The number of hydrogen-bond acceptors (Lipinski definition) is 6. The number of morpholine rings is 1. The van der Waals surface area contributed by atoms with Crippen LogP contribution in [0, 0.1) is 0 Å². The van der Waals surface area contributed by atoms with E-state index in [0.717, 1.165) is 41.7 Å². The third-order valence-electron chi connectivity index (χ3n) is 5.04. The highest BCUT2D eigenvalue weighted by molar-refractivity contribution is 7.13. The van der Waals surface area contributed by atoms with E-state index in [0.29, 0.717) is 6.54 Å². The van der Waals surface area contributed by atoms with Crippen LogP contribution in [0.25, 0.3) is 10.8 Å². The van der Waals surface area contributed by atoms with Gasteiger partial charge in [-0.3, -0.25) is 9.69 Å². The molecule has 1 saturated heterocycles. The second kappa shape index (κ2) is 9.55. The van der Waals surface area contributed by atoms with Crippen molar-refractivity contribution in [1.29, 1.82) is 0 Å². The number of ether oxygens (including phenoxy) is 1. The summed E-state index contributed by atoms with van der Waals surface area (Å²) in [7, 11) is 0. The minimum Gasteiger partial charge on any atom is -0.462 e. The van der Waals surface area contributed by atoms with Crippen molar-refractivity contribution in [2.45, 2.75) is 45.6 Å². The monoisotopic (exact) mass is 425 g/mol. The molecule has 7 heteroatoms. The lowest BCUT2D eigenvalue weighted by Gasteiger charge is -2.35. The number of furan rings is 1. The second-order valence-corrected chi connectivity index (χ2v) is 8.70. The molecular formula is C23H27N3O3S. The molecule has 2 unspecified atom stereocenters. The number of nitrogens with one attached hydrogen (secondary N) is 1. The summed E-state index contributed by atoms with van der Waals surface area (Å²) in [6.07, 6.45) is 2.44. The normalized spacial score (nSPS) is 19.7. The van der Waals surface area contributed by atoms with Crippen LogP contribution in [0.4, 0.5) is 0 Å². The second-order valence-electron chi connectivity index (χ2n) is 7.84. The lowest BCUT2D eigenvalue weighted by molar-refractivity contribution is -0.120. The lowest BCUT2D eigenvalue weighted by atomic mass is 10.1. The third-order valence-corrected chi connectivity index (χ3v) is 5.95. The Labute approximate surface area is 180 Å². The first-order valence-corrected chi connectivity index (χ1v) is 11.1. The van der Waals surface area contributed by atoms with Crippen molar-refractivity contribution in [2.24, 2.45) is 0 Å². The van der Waals surface area contributed by atoms with Gasteiger partial charge in [-0.1, -0.05) is 24.3 Å². The smallest absolute Gasteiger partial charge is 0.226 e. The maximum atomic E-state index is 12.3. The van der Waals surface area contributed by atoms with Crippen molar-refractivity contribution < 1.29 is 13.9 Å². The Bertz CT molecular complexity index is 943. The summed E-state index contributed by atoms with van der Waals surface area (Å²) < 4.78 is 11.1. The van der Waals surface area contributed by atoms with E-state index in [1.54, 1.807) is 6.26 Å². The number of nitrogens with zero attached hydrogens (tertiary/aromatic N) is 2. The number of hydrogen-bond donors (Lipinski definition) is 1. The third kappa shape index (κ3) is 5.56. The van der Waals surface area contributed by atoms with Gasteiger partial charge in [-0.05, 0) is 37.1 Å². The Morgan fingerprint density at radius 1 is 1.17 bits per heavy atom. The molecule has 0 bridgehead atoms. The molecule has 3 aromatic rings. The Morgan fingerprint density at radius 3 is 2.60 bits per heavy atom. The van der Waals surface area contributed by atoms with Gasteiger partial charge in [-0.15, -0.1) is 11.3 Å². The largest absolute Gasteiger partial charge is 0.462 e. The maximum Gasteiger partial charge on any atom is 0.226 e. The van der Waals surface area contributed by atoms with Crippen molar-refractivity contribution in [3.8, 4) is 10.8 Å². The van der Waals surface area contributed by atoms with Gasteiger partial charge >= 0.3 is 0 Å². The van der Waals surface area contributed by atoms with Crippen LogP contribution in [0.5, 0.6) is 0 Å². The molecule has 1 fully saturated rings. The van der Waals surface area contributed by atoms with E-state index in [-0.39, 0.29) is 24.5 Å². The van der Waals surface area contributed by atoms with Crippen molar-refractivity contribution in [1.82, 2.24) is 15.2 Å². The predicted octanol–water partition coefficient (Wildman–Crippen LogP) is 3.87. The molecule has 2 aromatic heterocycles. The molecule has 4 rings (SSSR count).